The van der Waals surface area contributed by atoms with Crippen molar-refractivity contribution in [2.24, 2.45) is 0 Å². The molecule has 2 N–H and O–H groups in total. The van der Waals surface area contributed by atoms with E-state index in [1.807, 2.05) is 48.5 Å². The number of nitrogens with zero attached hydrogens (tertiary/aromatic N) is 2. The van der Waals surface area contributed by atoms with Crippen LogP contribution in [0.2, 0.25) is 0 Å². The third-order valence-corrected chi connectivity index (χ3v) is 5.01. The summed E-state index contributed by atoms with van der Waals surface area (Å²) in [5.41, 5.74) is 2.94. The second kappa shape index (κ2) is 8.67. The van der Waals surface area contributed by atoms with E-state index < -0.39 is 0 Å². The maximum Gasteiger partial charge on any atom is 0.253 e. The molecule has 0 bridgehead atoms. The summed E-state index contributed by atoms with van der Waals surface area (Å²) in [6.07, 6.45) is 1.66. The zero-order valence-electron chi connectivity index (χ0n) is 15.7. The van der Waals surface area contributed by atoms with E-state index >= 15 is 0 Å². The molecule has 5 heteroatoms. The Kier molecular flexibility index (Phi) is 5.64. The molecule has 0 spiro atoms. The van der Waals surface area contributed by atoms with Gasteiger partial charge in [-0.15, -0.1) is 0 Å². The Balaban J connectivity index is 1.38. The molecule has 1 aliphatic heterocycles. The summed E-state index contributed by atoms with van der Waals surface area (Å²) in [5.74, 6) is 0.799. The molecule has 4 rings (SSSR count). The summed E-state index contributed by atoms with van der Waals surface area (Å²) < 4.78 is 0. The second-order valence-corrected chi connectivity index (χ2v) is 6.94. The number of aromatic nitrogens is 1. The average molecular weight is 372 g/mol. The van der Waals surface area contributed by atoms with Crippen molar-refractivity contribution in [1.82, 2.24) is 15.6 Å². The molecule has 2 aromatic carbocycles. The standard InChI is InChI=1S/C23H24N4O/c28-23(26-15-18-7-3-1-4-8-18)20-11-12-22(25-16-20)27-14-13-24-21(17-27)19-9-5-2-6-10-19/h1-12,16,21,24H,13-15,17H2,(H,26,28). The molecule has 1 atom stereocenters. The van der Waals surface area contributed by atoms with Gasteiger partial charge in [-0.1, -0.05) is 60.7 Å². The zero-order valence-corrected chi connectivity index (χ0v) is 15.7. The first-order chi connectivity index (χ1) is 13.8. The number of carbonyl (C=O) groups is 1. The Labute approximate surface area is 165 Å². The van der Waals surface area contributed by atoms with Crippen molar-refractivity contribution in [3.05, 3.63) is 95.7 Å². The molecule has 1 aromatic heterocycles. The predicted molar refractivity (Wildman–Crippen MR) is 111 cm³/mol. The van der Waals surface area contributed by atoms with Crippen molar-refractivity contribution in [2.75, 3.05) is 24.5 Å². The van der Waals surface area contributed by atoms with Gasteiger partial charge in [0.2, 0.25) is 0 Å². The SMILES string of the molecule is O=C(NCc1ccccc1)c1ccc(N2CCNC(c3ccccc3)C2)nc1. The van der Waals surface area contributed by atoms with Crippen molar-refractivity contribution >= 4 is 11.7 Å². The van der Waals surface area contributed by atoms with Crippen molar-refractivity contribution in [3.8, 4) is 0 Å². The number of benzene rings is 2. The number of anilines is 1. The molecule has 0 aliphatic carbocycles. The largest absolute Gasteiger partial charge is 0.353 e. The van der Waals surface area contributed by atoms with Crippen LogP contribution in [-0.2, 0) is 6.54 Å². The summed E-state index contributed by atoms with van der Waals surface area (Å²) in [4.78, 5) is 19.2. The molecule has 1 saturated heterocycles. The normalized spacial score (nSPS) is 16.6. The predicted octanol–water partition coefficient (Wildman–Crippen LogP) is 3.16. The molecule has 28 heavy (non-hydrogen) atoms. The molecule has 1 aliphatic rings. The fraction of sp³-hybridized carbons (Fsp3) is 0.217. The first-order valence-corrected chi connectivity index (χ1v) is 9.61. The fourth-order valence-corrected chi connectivity index (χ4v) is 3.45. The first kappa shape index (κ1) is 18.2. The number of hydrogen-bond acceptors (Lipinski definition) is 4. The molecule has 1 fully saturated rings. The van der Waals surface area contributed by atoms with E-state index in [4.69, 9.17) is 0 Å². The van der Waals surface area contributed by atoms with Crippen LogP contribution in [0.1, 0.15) is 27.5 Å². The average Bonchev–Trinajstić information content (AvgIpc) is 2.79. The van der Waals surface area contributed by atoms with Crippen molar-refractivity contribution in [1.29, 1.82) is 0 Å². The van der Waals surface area contributed by atoms with E-state index in [1.54, 1.807) is 6.20 Å². The number of rotatable bonds is 5. The highest BCUT2D eigenvalue weighted by Gasteiger charge is 2.21. The van der Waals surface area contributed by atoms with Gasteiger partial charge in [-0.05, 0) is 23.3 Å². The van der Waals surface area contributed by atoms with Gasteiger partial charge in [0.25, 0.3) is 5.91 Å². The lowest BCUT2D eigenvalue weighted by Gasteiger charge is -2.34. The van der Waals surface area contributed by atoms with Crippen molar-refractivity contribution in [3.63, 3.8) is 0 Å². The Morgan fingerprint density at radius 2 is 1.79 bits per heavy atom. The maximum absolute atomic E-state index is 12.4. The van der Waals surface area contributed by atoms with Gasteiger partial charge in [0.1, 0.15) is 5.82 Å². The van der Waals surface area contributed by atoms with Crippen LogP contribution in [0, 0.1) is 0 Å². The minimum Gasteiger partial charge on any atom is -0.353 e. The van der Waals surface area contributed by atoms with Crippen LogP contribution in [0.4, 0.5) is 5.82 Å². The smallest absolute Gasteiger partial charge is 0.253 e. The summed E-state index contributed by atoms with van der Waals surface area (Å²) in [6, 6.07) is 24.4. The van der Waals surface area contributed by atoms with E-state index in [0.717, 1.165) is 31.0 Å². The monoisotopic (exact) mass is 372 g/mol. The Bertz CT molecular complexity index is 897. The molecular weight excluding hydrogens is 348 g/mol. The molecule has 5 nitrogen and oxygen atoms in total. The first-order valence-electron chi connectivity index (χ1n) is 9.61. The number of piperazine rings is 1. The Morgan fingerprint density at radius 1 is 1.04 bits per heavy atom. The minimum atomic E-state index is -0.106. The number of hydrogen-bond donors (Lipinski definition) is 2. The van der Waals surface area contributed by atoms with E-state index in [1.165, 1.54) is 5.56 Å². The van der Waals surface area contributed by atoms with Crippen LogP contribution >= 0.6 is 0 Å². The number of amides is 1. The highest BCUT2D eigenvalue weighted by molar-refractivity contribution is 5.94. The second-order valence-electron chi connectivity index (χ2n) is 6.94. The van der Waals surface area contributed by atoms with Gasteiger partial charge in [0.15, 0.2) is 0 Å². The topological polar surface area (TPSA) is 57.3 Å². The molecule has 142 valence electrons. The number of carbonyl (C=O) groups excluding carboxylic acids is 1. The lowest BCUT2D eigenvalue weighted by molar-refractivity contribution is 0.0950. The molecule has 0 saturated carbocycles. The van der Waals surface area contributed by atoms with Gasteiger partial charge in [-0.3, -0.25) is 4.79 Å². The lowest BCUT2D eigenvalue weighted by Crippen LogP contribution is -2.46. The summed E-state index contributed by atoms with van der Waals surface area (Å²) in [5, 5.41) is 6.50. The summed E-state index contributed by atoms with van der Waals surface area (Å²) in [6.45, 7) is 3.17. The minimum absolute atomic E-state index is 0.106. The van der Waals surface area contributed by atoms with E-state index in [2.05, 4.69) is 44.8 Å². The van der Waals surface area contributed by atoms with Crippen LogP contribution in [0.3, 0.4) is 0 Å². The number of nitrogens with one attached hydrogen (secondary N) is 2. The number of pyridine rings is 1. The summed E-state index contributed by atoms with van der Waals surface area (Å²) >= 11 is 0. The van der Waals surface area contributed by atoms with Crippen molar-refractivity contribution < 1.29 is 4.79 Å². The maximum atomic E-state index is 12.4. The fourth-order valence-electron chi connectivity index (χ4n) is 3.45. The van der Waals surface area contributed by atoms with Crippen LogP contribution < -0.4 is 15.5 Å². The van der Waals surface area contributed by atoms with Gasteiger partial charge in [-0.25, -0.2) is 4.98 Å². The quantitative estimate of drug-likeness (QED) is 0.722. The highest BCUT2D eigenvalue weighted by atomic mass is 16.1. The van der Waals surface area contributed by atoms with E-state index in [0.29, 0.717) is 12.1 Å². The van der Waals surface area contributed by atoms with Gasteiger partial charge < -0.3 is 15.5 Å². The molecular formula is C23H24N4O. The van der Waals surface area contributed by atoms with Gasteiger partial charge in [-0.2, -0.15) is 0 Å². The van der Waals surface area contributed by atoms with E-state index in [9.17, 15) is 4.79 Å². The molecule has 0 radical (unpaired) electrons. The molecule has 2 heterocycles. The highest BCUT2D eigenvalue weighted by Crippen LogP contribution is 2.21. The van der Waals surface area contributed by atoms with Gasteiger partial charge >= 0.3 is 0 Å². The third kappa shape index (κ3) is 4.38. The van der Waals surface area contributed by atoms with Gasteiger partial charge in [0, 0.05) is 38.4 Å². The van der Waals surface area contributed by atoms with Crippen LogP contribution in [0.15, 0.2) is 79.0 Å². The van der Waals surface area contributed by atoms with Crippen LogP contribution in [0.25, 0.3) is 0 Å². The van der Waals surface area contributed by atoms with Crippen LogP contribution in [-0.4, -0.2) is 30.5 Å². The van der Waals surface area contributed by atoms with E-state index in [-0.39, 0.29) is 11.9 Å². The Morgan fingerprint density at radius 3 is 2.50 bits per heavy atom. The molecule has 1 amide bonds. The molecule has 1 unspecified atom stereocenters. The zero-order chi connectivity index (χ0) is 19.2. The molecule has 3 aromatic rings. The van der Waals surface area contributed by atoms with Crippen LogP contribution in [0.5, 0.6) is 0 Å². The Hall–Kier alpha value is -3.18. The van der Waals surface area contributed by atoms with Gasteiger partial charge in [0.05, 0.1) is 5.56 Å². The lowest BCUT2D eigenvalue weighted by atomic mass is 10.0. The third-order valence-electron chi connectivity index (χ3n) is 5.01. The van der Waals surface area contributed by atoms with Crippen molar-refractivity contribution in [2.45, 2.75) is 12.6 Å². The summed E-state index contributed by atoms with van der Waals surface area (Å²) in [7, 11) is 0.